The summed E-state index contributed by atoms with van der Waals surface area (Å²) in [5.74, 6) is -1.01. The van der Waals surface area contributed by atoms with Crippen molar-refractivity contribution < 1.29 is 19.4 Å². The summed E-state index contributed by atoms with van der Waals surface area (Å²) in [4.78, 5) is 25.1. The minimum absolute atomic E-state index is 0.0351. The molecular formula is C16H19NO4. The van der Waals surface area contributed by atoms with Crippen molar-refractivity contribution in [3.05, 3.63) is 48.6 Å². The molecule has 0 aromatic heterocycles. The van der Waals surface area contributed by atoms with Gasteiger partial charge in [-0.05, 0) is 18.4 Å². The first-order valence-corrected chi connectivity index (χ1v) is 6.96. The van der Waals surface area contributed by atoms with Gasteiger partial charge in [0.05, 0.1) is 0 Å². The van der Waals surface area contributed by atoms with Crippen LogP contribution in [0.3, 0.4) is 0 Å². The van der Waals surface area contributed by atoms with Crippen LogP contribution in [0.15, 0.2) is 43.0 Å². The smallest absolute Gasteiger partial charge is 0.411 e. The standard InChI is InChI=1S/C16H19NO4/c1-2-10-21-16(20)17(13-8-9-13)14(15(18)19)11-12-6-4-3-5-7-12/h2-7,13-14H,1,8-11H2,(H,18,19). The van der Waals surface area contributed by atoms with Gasteiger partial charge in [0.1, 0.15) is 12.6 Å². The lowest BCUT2D eigenvalue weighted by atomic mass is 10.0. The summed E-state index contributed by atoms with van der Waals surface area (Å²) < 4.78 is 5.03. The van der Waals surface area contributed by atoms with Gasteiger partial charge in [0.2, 0.25) is 0 Å². The fourth-order valence-electron chi connectivity index (χ4n) is 2.23. The van der Waals surface area contributed by atoms with Crippen molar-refractivity contribution in [2.24, 2.45) is 0 Å². The van der Waals surface area contributed by atoms with Gasteiger partial charge in [-0.1, -0.05) is 43.0 Å². The van der Waals surface area contributed by atoms with Gasteiger partial charge in [-0.15, -0.1) is 0 Å². The van der Waals surface area contributed by atoms with E-state index in [-0.39, 0.29) is 19.1 Å². The molecule has 1 atom stereocenters. The van der Waals surface area contributed by atoms with Crippen molar-refractivity contribution in [2.45, 2.75) is 31.3 Å². The summed E-state index contributed by atoms with van der Waals surface area (Å²) in [6, 6.07) is 8.35. The summed E-state index contributed by atoms with van der Waals surface area (Å²) >= 11 is 0. The van der Waals surface area contributed by atoms with Crippen molar-refractivity contribution in [3.63, 3.8) is 0 Å². The highest BCUT2D eigenvalue weighted by Gasteiger charge is 2.41. The van der Waals surface area contributed by atoms with Gasteiger partial charge < -0.3 is 9.84 Å². The molecule has 2 rings (SSSR count). The van der Waals surface area contributed by atoms with Crippen LogP contribution in [-0.2, 0) is 16.0 Å². The van der Waals surface area contributed by atoms with Crippen molar-refractivity contribution in [3.8, 4) is 0 Å². The lowest BCUT2D eigenvalue weighted by Crippen LogP contribution is -2.48. The van der Waals surface area contributed by atoms with E-state index >= 15 is 0 Å². The Morgan fingerprint density at radius 1 is 1.38 bits per heavy atom. The van der Waals surface area contributed by atoms with E-state index in [4.69, 9.17) is 4.74 Å². The molecule has 0 radical (unpaired) electrons. The molecule has 0 bridgehead atoms. The van der Waals surface area contributed by atoms with Gasteiger partial charge in [0.15, 0.2) is 0 Å². The molecule has 5 nitrogen and oxygen atoms in total. The molecule has 0 heterocycles. The minimum atomic E-state index is -1.01. The molecule has 1 N–H and O–H groups in total. The molecule has 1 aliphatic rings. The van der Waals surface area contributed by atoms with Crippen molar-refractivity contribution in [1.82, 2.24) is 4.90 Å². The van der Waals surface area contributed by atoms with E-state index in [0.717, 1.165) is 18.4 Å². The Morgan fingerprint density at radius 2 is 2.05 bits per heavy atom. The second-order valence-corrected chi connectivity index (χ2v) is 5.05. The Hall–Kier alpha value is -2.30. The summed E-state index contributed by atoms with van der Waals surface area (Å²) in [6.45, 7) is 3.57. The third-order valence-electron chi connectivity index (χ3n) is 3.37. The average Bonchev–Trinajstić information content (AvgIpc) is 3.30. The molecule has 5 heteroatoms. The highest BCUT2D eigenvalue weighted by atomic mass is 16.6. The summed E-state index contributed by atoms with van der Waals surface area (Å²) in [5, 5.41) is 9.49. The van der Waals surface area contributed by atoms with Crippen molar-refractivity contribution in [2.75, 3.05) is 6.61 Å². The maximum Gasteiger partial charge on any atom is 0.411 e. The average molecular weight is 289 g/mol. The first-order chi connectivity index (χ1) is 10.1. The number of hydrogen-bond acceptors (Lipinski definition) is 3. The van der Waals surface area contributed by atoms with Crippen LogP contribution in [0, 0.1) is 0 Å². The normalized spacial score (nSPS) is 15.0. The van der Waals surface area contributed by atoms with Crippen LogP contribution in [0.1, 0.15) is 18.4 Å². The second kappa shape index (κ2) is 6.92. The Labute approximate surface area is 123 Å². The fourth-order valence-corrected chi connectivity index (χ4v) is 2.23. The predicted molar refractivity (Wildman–Crippen MR) is 78.0 cm³/mol. The topological polar surface area (TPSA) is 66.8 Å². The van der Waals surface area contributed by atoms with Gasteiger partial charge in [0, 0.05) is 12.5 Å². The molecule has 1 aromatic rings. The monoisotopic (exact) mass is 289 g/mol. The van der Waals surface area contributed by atoms with Crippen LogP contribution < -0.4 is 0 Å². The zero-order valence-electron chi connectivity index (χ0n) is 11.8. The Balaban J connectivity index is 2.15. The van der Waals surface area contributed by atoms with Crippen molar-refractivity contribution in [1.29, 1.82) is 0 Å². The molecule has 0 spiro atoms. The lowest BCUT2D eigenvalue weighted by molar-refractivity contribution is -0.142. The third-order valence-corrected chi connectivity index (χ3v) is 3.37. The number of ether oxygens (including phenoxy) is 1. The molecule has 1 unspecified atom stereocenters. The Kier molecular flexibility index (Phi) is 4.98. The fraction of sp³-hybridized carbons (Fsp3) is 0.375. The first kappa shape index (κ1) is 15.1. The molecule has 112 valence electrons. The number of hydrogen-bond donors (Lipinski definition) is 1. The summed E-state index contributed by atoms with van der Waals surface area (Å²) in [7, 11) is 0. The number of aliphatic carboxylic acids is 1. The molecule has 0 aliphatic heterocycles. The van der Waals surface area contributed by atoms with Gasteiger partial charge in [-0.3, -0.25) is 4.90 Å². The molecule has 1 saturated carbocycles. The van der Waals surface area contributed by atoms with Crippen LogP contribution in [0.25, 0.3) is 0 Å². The predicted octanol–water partition coefficient (Wildman–Crippen LogP) is 2.47. The van der Waals surface area contributed by atoms with E-state index in [1.807, 2.05) is 30.3 Å². The van der Waals surface area contributed by atoms with Gasteiger partial charge in [0.25, 0.3) is 0 Å². The van der Waals surface area contributed by atoms with E-state index in [1.54, 1.807) is 0 Å². The van der Waals surface area contributed by atoms with E-state index < -0.39 is 18.1 Å². The number of carbonyl (C=O) groups is 2. The number of carboxylic acids is 1. The number of benzene rings is 1. The maximum absolute atomic E-state index is 12.1. The van der Waals surface area contributed by atoms with E-state index in [1.165, 1.54) is 11.0 Å². The van der Waals surface area contributed by atoms with Crippen LogP contribution in [-0.4, -0.2) is 40.8 Å². The van der Waals surface area contributed by atoms with Gasteiger partial charge >= 0.3 is 12.1 Å². The lowest BCUT2D eigenvalue weighted by Gasteiger charge is -2.28. The number of carboxylic acid groups (broad SMARTS) is 1. The molecule has 1 aliphatic carbocycles. The zero-order chi connectivity index (χ0) is 15.2. The molecule has 1 amide bonds. The van der Waals surface area contributed by atoms with Gasteiger partial charge in [-0.25, -0.2) is 9.59 Å². The number of nitrogens with zero attached hydrogens (tertiary/aromatic N) is 1. The highest BCUT2D eigenvalue weighted by Crippen LogP contribution is 2.30. The van der Waals surface area contributed by atoms with E-state index in [0.29, 0.717) is 0 Å². The number of amides is 1. The Bertz CT molecular complexity index is 510. The second-order valence-electron chi connectivity index (χ2n) is 5.05. The van der Waals surface area contributed by atoms with Crippen LogP contribution in [0.5, 0.6) is 0 Å². The van der Waals surface area contributed by atoms with E-state index in [9.17, 15) is 14.7 Å². The molecule has 0 saturated heterocycles. The van der Waals surface area contributed by atoms with Crippen LogP contribution in [0.2, 0.25) is 0 Å². The van der Waals surface area contributed by atoms with Crippen molar-refractivity contribution >= 4 is 12.1 Å². The largest absolute Gasteiger partial charge is 0.480 e. The van der Waals surface area contributed by atoms with Crippen LogP contribution in [0.4, 0.5) is 4.79 Å². The third kappa shape index (κ3) is 4.08. The molecule has 1 fully saturated rings. The zero-order valence-corrected chi connectivity index (χ0v) is 11.8. The van der Waals surface area contributed by atoms with Crippen LogP contribution >= 0.6 is 0 Å². The molecule has 1 aromatic carbocycles. The summed E-state index contributed by atoms with van der Waals surface area (Å²) in [6.07, 6.45) is 2.80. The maximum atomic E-state index is 12.1. The Morgan fingerprint density at radius 3 is 2.57 bits per heavy atom. The van der Waals surface area contributed by atoms with E-state index in [2.05, 4.69) is 6.58 Å². The molecule has 21 heavy (non-hydrogen) atoms. The number of rotatable bonds is 7. The molecular weight excluding hydrogens is 270 g/mol. The quantitative estimate of drug-likeness (QED) is 0.783. The SMILES string of the molecule is C=CCOC(=O)N(C1CC1)C(Cc1ccccc1)C(=O)O. The summed E-state index contributed by atoms with van der Waals surface area (Å²) in [5.41, 5.74) is 0.882. The van der Waals surface area contributed by atoms with Gasteiger partial charge in [-0.2, -0.15) is 0 Å². The number of carbonyl (C=O) groups excluding carboxylic acids is 1. The first-order valence-electron chi connectivity index (χ1n) is 6.96. The highest BCUT2D eigenvalue weighted by molar-refractivity contribution is 5.81. The minimum Gasteiger partial charge on any atom is -0.480 e.